The molecule has 1 unspecified atom stereocenters. The number of carbonyl (C=O) groups is 2. The summed E-state index contributed by atoms with van der Waals surface area (Å²) in [6.07, 6.45) is 1.09. The third-order valence-corrected chi connectivity index (χ3v) is 7.40. The Morgan fingerprint density at radius 3 is 2.26 bits per heavy atom. The quantitative estimate of drug-likeness (QED) is 0.344. The number of allylic oxidation sites excluding steroid dienone is 2. The highest BCUT2D eigenvalue weighted by Crippen LogP contribution is 2.47. The highest BCUT2D eigenvalue weighted by molar-refractivity contribution is 9.10. The maximum atomic E-state index is 13.6. The third kappa shape index (κ3) is 4.92. The lowest BCUT2D eigenvalue weighted by Crippen LogP contribution is -2.38. The second kappa shape index (κ2) is 10.1. The normalized spacial score (nSPS) is 21.8. The van der Waals surface area contributed by atoms with E-state index in [0.717, 1.165) is 26.9 Å². The lowest BCUT2D eigenvalue weighted by molar-refractivity contribution is -0.148. The largest absolute Gasteiger partial charge is 0.460 e. The summed E-state index contributed by atoms with van der Waals surface area (Å²) in [5, 5.41) is 0. The van der Waals surface area contributed by atoms with Gasteiger partial charge in [-0.1, -0.05) is 88.7 Å². The molecule has 0 bridgehead atoms. The summed E-state index contributed by atoms with van der Waals surface area (Å²) < 4.78 is 6.70. The average Bonchev–Trinajstić information content (AvgIpc) is 2.88. The number of hydrogen-bond donors (Lipinski definition) is 0. The number of aliphatic imine (C=N–C) groups is 1. The minimum Gasteiger partial charge on any atom is -0.460 e. The van der Waals surface area contributed by atoms with E-state index in [0.29, 0.717) is 24.1 Å². The highest BCUT2D eigenvalue weighted by Gasteiger charge is 2.44. The van der Waals surface area contributed by atoms with Crippen LogP contribution >= 0.6 is 15.9 Å². The molecule has 0 spiro atoms. The van der Waals surface area contributed by atoms with Gasteiger partial charge < -0.3 is 4.74 Å². The van der Waals surface area contributed by atoms with E-state index >= 15 is 0 Å². The van der Waals surface area contributed by atoms with Crippen molar-refractivity contribution in [2.24, 2.45) is 10.9 Å². The van der Waals surface area contributed by atoms with Crippen LogP contribution in [0.25, 0.3) is 0 Å². The molecule has 176 valence electrons. The maximum Gasteiger partial charge on any atom is 0.315 e. The minimum atomic E-state index is -0.643. The van der Waals surface area contributed by atoms with Crippen LogP contribution in [0, 0.1) is 5.92 Å². The van der Waals surface area contributed by atoms with Gasteiger partial charge in [0, 0.05) is 33.8 Å². The summed E-state index contributed by atoms with van der Waals surface area (Å²) in [7, 11) is 0. The molecule has 0 saturated heterocycles. The number of Topliss-reactive ketones (excluding diaryl/α,β-unsaturated/α-hetero) is 1. The van der Waals surface area contributed by atoms with Crippen molar-refractivity contribution in [1.82, 2.24) is 0 Å². The summed E-state index contributed by atoms with van der Waals surface area (Å²) in [6.45, 7) is 2.06. The van der Waals surface area contributed by atoms with E-state index in [1.807, 2.05) is 79.7 Å². The van der Waals surface area contributed by atoms with Crippen LogP contribution in [0.1, 0.15) is 48.3 Å². The Balaban J connectivity index is 1.51. The molecule has 2 aliphatic rings. The molecule has 5 heteroatoms. The van der Waals surface area contributed by atoms with Gasteiger partial charge in [0.2, 0.25) is 0 Å². The van der Waals surface area contributed by atoms with E-state index in [1.165, 1.54) is 0 Å². The fraction of sp³-hybridized carbons (Fsp3) is 0.233. The maximum absolute atomic E-state index is 13.6. The van der Waals surface area contributed by atoms with Crippen molar-refractivity contribution in [2.75, 3.05) is 0 Å². The van der Waals surface area contributed by atoms with Crippen LogP contribution in [0.3, 0.4) is 0 Å². The summed E-state index contributed by atoms with van der Waals surface area (Å²) in [6, 6.07) is 27.6. The fourth-order valence-corrected chi connectivity index (χ4v) is 5.44. The molecule has 3 aromatic carbocycles. The lowest BCUT2D eigenvalue weighted by Gasteiger charge is -2.36. The van der Waals surface area contributed by atoms with Gasteiger partial charge in [0.25, 0.3) is 0 Å². The smallest absolute Gasteiger partial charge is 0.315 e. The van der Waals surface area contributed by atoms with Crippen LogP contribution in [0.5, 0.6) is 0 Å². The molecular formula is C30H26BrNO3. The van der Waals surface area contributed by atoms with Crippen LogP contribution in [-0.2, 0) is 20.9 Å². The number of rotatable bonds is 5. The van der Waals surface area contributed by atoms with Gasteiger partial charge in [-0.25, -0.2) is 0 Å². The fourth-order valence-electron chi connectivity index (χ4n) is 5.17. The van der Waals surface area contributed by atoms with Crippen molar-refractivity contribution in [3.8, 4) is 0 Å². The first-order valence-corrected chi connectivity index (χ1v) is 12.6. The number of hydrogen-bond acceptors (Lipinski definition) is 4. The SMILES string of the molecule is CC1=NC2=C(C(=O)C[C@H](c3ccccc3)C2)[C@H](c2ccc(Br)cc2)C1C(=O)OCc1ccccc1. The molecule has 0 N–H and O–H groups in total. The summed E-state index contributed by atoms with van der Waals surface area (Å²) in [4.78, 5) is 31.9. The van der Waals surface area contributed by atoms with Crippen LogP contribution in [0.2, 0.25) is 0 Å². The van der Waals surface area contributed by atoms with Gasteiger partial charge in [-0.2, -0.15) is 0 Å². The zero-order valence-corrected chi connectivity index (χ0v) is 21.1. The van der Waals surface area contributed by atoms with Crippen molar-refractivity contribution in [1.29, 1.82) is 0 Å². The zero-order chi connectivity index (χ0) is 24.4. The molecule has 0 saturated carbocycles. The molecule has 0 radical (unpaired) electrons. The van der Waals surface area contributed by atoms with Gasteiger partial charge in [0.1, 0.15) is 12.5 Å². The van der Waals surface area contributed by atoms with Crippen molar-refractivity contribution in [2.45, 2.75) is 38.2 Å². The first kappa shape index (κ1) is 23.4. The van der Waals surface area contributed by atoms with Crippen molar-refractivity contribution in [3.63, 3.8) is 0 Å². The second-order valence-corrected chi connectivity index (χ2v) is 10.1. The Kier molecular flexibility index (Phi) is 6.78. The minimum absolute atomic E-state index is 0.0603. The molecule has 0 aromatic heterocycles. The standard InChI is InChI=1S/C30H26BrNO3/c1-19-27(30(34)35-18-20-8-4-2-5-9-20)28(22-12-14-24(31)15-13-22)29-25(32-19)16-23(17-26(29)33)21-10-6-3-7-11-21/h2-15,23,27-28H,16-18H2,1H3/t23-,27?,28-/m1/s1. The van der Waals surface area contributed by atoms with Gasteiger partial charge in [-0.15, -0.1) is 0 Å². The second-order valence-electron chi connectivity index (χ2n) is 9.15. The highest BCUT2D eigenvalue weighted by atomic mass is 79.9. The van der Waals surface area contributed by atoms with E-state index in [-0.39, 0.29) is 24.3 Å². The van der Waals surface area contributed by atoms with Gasteiger partial charge in [0.15, 0.2) is 5.78 Å². The molecule has 1 heterocycles. The first-order chi connectivity index (χ1) is 17.0. The lowest BCUT2D eigenvalue weighted by atomic mass is 9.69. The molecule has 3 atom stereocenters. The van der Waals surface area contributed by atoms with Crippen molar-refractivity contribution in [3.05, 3.63) is 117 Å². The molecule has 35 heavy (non-hydrogen) atoms. The third-order valence-electron chi connectivity index (χ3n) is 6.87. The molecule has 5 rings (SSSR count). The number of halogens is 1. The topological polar surface area (TPSA) is 55.7 Å². The van der Waals surface area contributed by atoms with E-state index in [4.69, 9.17) is 9.73 Å². The molecule has 0 amide bonds. The Bertz CT molecular complexity index is 1300. The Morgan fingerprint density at radius 2 is 1.57 bits per heavy atom. The van der Waals surface area contributed by atoms with Crippen LogP contribution in [0.4, 0.5) is 0 Å². The molecule has 0 fully saturated rings. The van der Waals surface area contributed by atoms with E-state index in [9.17, 15) is 9.59 Å². The van der Waals surface area contributed by atoms with Crippen molar-refractivity contribution >= 4 is 33.4 Å². The van der Waals surface area contributed by atoms with Gasteiger partial charge in [0.05, 0.1) is 0 Å². The number of esters is 1. The Labute approximate surface area is 213 Å². The van der Waals surface area contributed by atoms with Gasteiger partial charge >= 0.3 is 5.97 Å². The number of carbonyl (C=O) groups excluding carboxylic acids is 2. The predicted octanol–water partition coefficient (Wildman–Crippen LogP) is 6.77. The van der Waals surface area contributed by atoms with Gasteiger partial charge in [-0.05, 0) is 48.1 Å². The Morgan fingerprint density at radius 1 is 0.914 bits per heavy atom. The summed E-state index contributed by atoms with van der Waals surface area (Å²) in [5.41, 5.74) is 5.13. The monoisotopic (exact) mass is 527 g/mol. The summed E-state index contributed by atoms with van der Waals surface area (Å²) in [5.74, 6) is -1.26. The molecule has 1 aliphatic heterocycles. The molecular weight excluding hydrogens is 502 g/mol. The number of benzene rings is 3. The van der Waals surface area contributed by atoms with Crippen LogP contribution in [-0.4, -0.2) is 17.5 Å². The Hall–Kier alpha value is -3.31. The number of ether oxygens (including phenoxy) is 1. The number of nitrogens with zero attached hydrogens (tertiary/aromatic N) is 1. The van der Waals surface area contributed by atoms with Crippen molar-refractivity contribution < 1.29 is 14.3 Å². The van der Waals surface area contributed by atoms with Crippen LogP contribution in [0.15, 0.2) is 106 Å². The predicted molar refractivity (Wildman–Crippen MR) is 140 cm³/mol. The van der Waals surface area contributed by atoms with E-state index in [2.05, 4.69) is 28.1 Å². The molecule has 4 nitrogen and oxygen atoms in total. The van der Waals surface area contributed by atoms with E-state index in [1.54, 1.807) is 0 Å². The average molecular weight is 528 g/mol. The van der Waals surface area contributed by atoms with E-state index < -0.39 is 11.8 Å². The zero-order valence-electron chi connectivity index (χ0n) is 19.5. The van der Waals surface area contributed by atoms with Gasteiger partial charge in [-0.3, -0.25) is 14.6 Å². The van der Waals surface area contributed by atoms with Crippen LogP contribution < -0.4 is 0 Å². The summed E-state index contributed by atoms with van der Waals surface area (Å²) >= 11 is 3.50. The first-order valence-electron chi connectivity index (χ1n) is 11.8. The molecule has 3 aromatic rings. The molecule has 1 aliphatic carbocycles. The number of ketones is 1.